The maximum Gasteiger partial charge on any atom is 0.408 e. The van der Waals surface area contributed by atoms with Gasteiger partial charge in [0.1, 0.15) is 6.54 Å². The second-order valence-corrected chi connectivity index (χ2v) is 8.81. The number of carbonyl (C=O) groups excluding carboxylic acids is 1. The molecule has 3 rings (SSSR count). The normalized spacial score (nSPS) is 23.7. The lowest BCUT2D eigenvalue weighted by molar-refractivity contribution is -0.142. The van der Waals surface area contributed by atoms with Crippen molar-refractivity contribution in [2.24, 2.45) is 10.8 Å². The highest BCUT2D eigenvalue weighted by Gasteiger charge is 2.48. The van der Waals surface area contributed by atoms with Crippen molar-refractivity contribution in [1.29, 1.82) is 0 Å². The number of rotatable bonds is 4. The molecule has 1 aromatic rings. The lowest BCUT2D eigenvalue weighted by Gasteiger charge is -2.40. The second kappa shape index (κ2) is 6.68. The van der Waals surface area contributed by atoms with Crippen molar-refractivity contribution in [1.82, 2.24) is 14.7 Å². The van der Waals surface area contributed by atoms with Crippen LogP contribution in [0, 0.1) is 10.8 Å². The van der Waals surface area contributed by atoms with Crippen LogP contribution in [0.4, 0.5) is 23.7 Å². The van der Waals surface area contributed by atoms with Crippen molar-refractivity contribution >= 4 is 11.7 Å². The lowest BCUT2D eigenvalue weighted by atomic mass is 9.66. The molecular formula is C18H27F3N4O2. The molecule has 0 spiro atoms. The van der Waals surface area contributed by atoms with E-state index in [0.29, 0.717) is 30.9 Å². The van der Waals surface area contributed by atoms with E-state index >= 15 is 0 Å². The highest BCUT2D eigenvalue weighted by Crippen LogP contribution is 2.46. The maximum absolute atomic E-state index is 12.7. The van der Waals surface area contributed by atoms with Crippen LogP contribution < -0.4 is 5.32 Å². The van der Waals surface area contributed by atoms with Gasteiger partial charge in [0.2, 0.25) is 0 Å². The van der Waals surface area contributed by atoms with E-state index in [1.54, 1.807) is 4.90 Å². The summed E-state index contributed by atoms with van der Waals surface area (Å²) in [6, 6.07) is -0.358. The number of hydrogen-bond donors (Lipinski definition) is 2. The number of carbonyl (C=O) groups is 1. The van der Waals surface area contributed by atoms with Crippen LogP contribution in [0.3, 0.4) is 0 Å². The number of hydrogen-bond acceptors (Lipinski definition) is 3. The number of urea groups is 1. The van der Waals surface area contributed by atoms with Crippen LogP contribution in [0.15, 0.2) is 6.20 Å². The number of anilines is 1. The third kappa shape index (κ3) is 4.23. The minimum Gasteiger partial charge on any atom is -0.396 e. The van der Waals surface area contributed by atoms with Crippen LogP contribution in [-0.2, 0) is 6.54 Å². The van der Waals surface area contributed by atoms with E-state index in [1.807, 2.05) is 20.8 Å². The molecule has 1 aromatic heterocycles. The first kappa shape index (κ1) is 20.0. The van der Waals surface area contributed by atoms with Crippen LogP contribution in [-0.4, -0.2) is 51.7 Å². The molecule has 1 saturated heterocycles. The third-order valence-electron chi connectivity index (χ3n) is 5.87. The summed E-state index contributed by atoms with van der Waals surface area (Å²) < 4.78 is 38.8. The Labute approximate surface area is 156 Å². The fourth-order valence-corrected chi connectivity index (χ4v) is 3.67. The summed E-state index contributed by atoms with van der Waals surface area (Å²) in [6.45, 7) is 5.83. The number of nitrogens with zero attached hydrogens (tertiary/aromatic N) is 3. The van der Waals surface area contributed by atoms with Gasteiger partial charge in [0, 0.05) is 30.6 Å². The standard InChI is InChI=1S/C18H27F3N4O2/c1-16(2,3)17(11-26)6-7-24(9-17)15(27)22-13-8-25(10-18(19,20)21)23-14(13)12-4-5-12/h8,12,26H,4-7,9-11H2,1-3H3,(H,22,27). The van der Waals surface area contributed by atoms with Gasteiger partial charge in [0.25, 0.3) is 0 Å². The van der Waals surface area contributed by atoms with Gasteiger partial charge in [0.05, 0.1) is 18.0 Å². The molecule has 2 heterocycles. The van der Waals surface area contributed by atoms with Crippen molar-refractivity contribution in [3.05, 3.63) is 11.9 Å². The van der Waals surface area contributed by atoms with E-state index < -0.39 is 12.7 Å². The van der Waals surface area contributed by atoms with E-state index in [9.17, 15) is 23.1 Å². The maximum atomic E-state index is 12.7. The van der Waals surface area contributed by atoms with Crippen molar-refractivity contribution in [3.63, 3.8) is 0 Å². The number of amides is 2. The average molecular weight is 388 g/mol. The molecule has 6 nitrogen and oxygen atoms in total. The van der Waals surface area contributed by atoms with Crippen LogP contribution in [0.1, 0.15) is 51.6 Å². The van der Waals surface area contributed by atoms with E-state index in [1.165, 1.54) is 6.20 Å². The molecule has 1 atom stereocenters. The topological polar surface area (TPSA) is 70.4 Å². The lowest BCUT2D eigenvalue weighted by Crippen LogP contribution is -2.43. The van der Waals surface area contributed by atoms with Gasteiger partial charge in [-0.3, -0.25) is 4.68 Å². The minimum absolute atomic E-state index is 0.0167. The first-order chi connectivity index (χ1) is 12.4. The largest absolute Gasteiger partial charge is 0.408 e. The minimum atomic E-state index is -4.36. The van der Waals surface area contributed by atoms with E-state index in [4.69, 9.17) is 0 Å². The molecule has 0 aromatic carbocycles. The zero-order valence-electron chi connectivity index (χ0n) is 15.9. The molecule has 9 heteroatoms. The monoisotopic (exact) mass is 388 g/mol. The number of aliphatic hydroxyl groups excluding tert-OH is 1. The number of likely N-dealkylation sites (tertiary alicyclic amines) is 1. The van der Waals surface area contributed by atoms with Gasteiger partial charge in [-0.05, 0) is 24.7 Å². The molecule has 1 saturated carbocycles. The molecule has 152 valence electrons. The number of halogens is 3. The Kier molecular flexibility index (Phi) is 4.95. The quantitative estimate of drug-likeness (QED) is 0.828. The average Bonchev–Trinajstić information content (AvgIpc) is 3.14. The van der Waals surface area contributed by atoms with E-state index in [-0.39, 0.29) is 29.4 Å². The molecule has 1 aliphatic carbocycles. The molecule has 2 fully saturated rings. The van der Waals surface area contributed by atoms with Gasteiger partial charge in [-0.25, -0.2) is 4.79 Å². The molecule has 2 aliphatic rings. The Morgan fingerprint density at radius 3 is 2.52 bits per heavy atom. The summed E-state index contributed by atoms with van der Waals surface area (Å²) in [5.41, 5.74) is 0.317. The Morgan fingerprint density at radius 2 is 2.04 bits per heavy atom. The van der Waals surface area contributed by atoms with Gasteiger partial charge in [-0.1, -0.05) is 20.8 Å². The summed E-state index contributed by atoms with van der Waals surface area (Å²) in [7, 11) is 0. The third-order valence-corrected chi connectivity index (χ3v) is 5.87. The first-order valence-corrected chi connectivity index (χ1v) is 9.25. The molecule has 1 aliphatic heterocycles. The summed E-state index contributed by atoms with van der Waals surface area (Å²) in [4.78, 5) is 14.3. The molecule has 1 unspecified atom stereocenters. The van der Waals surface area contributed by atoms with Gasteiger partial charge < -0.3 is 15.3 Å². The van der Waals surface area contributed by atoms with Gasteiger partial charge >= 0.3 is 12.2 Å². The zero-order chi connectivity index (χ0) is 20.0. The fraction of sp³-hybridized carbons (Fsp3) is 0.778. The van der Waals surface area contributed by atoms with Crippen LogP contribution in [0.2, 0.25) is 0 Å². The smallest absolute Gasteiger partial charge is 0.396 e. The highest BCUT2D eigenvalue weighted by molar-refractivity contribution is 5.90. The van der Waals surface area contributed by atoms with E-state index in [2.05, 4.69) is 10.4 Å². The molecular weight excluding hydrogens is 361 g/mol. The van der Waals surface area contributed by atoms with E-state index in [0.717, 1.165) is 17.5 Å². The molecule has 0 radical (unpaired) electrons. The molecule has 0 bridgehead atoms. The van der Waals surface area contributed by atoms with Gasteiger partial charge in [-0.2, -0.15) is 18.3 Å². The Morgan fingerprint density at radius 1 is 1.37 bits per heavy atom. The summed E-state index contributed by atoms with van der Waals surface area (Å²) in [5, 5.41) is 16.7. The predicted octanol–water partition coefficient (Wildman–Crippen LogP) is 3.59. The van der Waals surface area contributed by atoms with Crippen LogP contribution in [0.5, 0.6) is 0 Å². The Hall–Kier alpha value is -1.77. The zero-order valence-corrected chi connectivity index (χ0v) is 15.9. The number of aromatic nitrogens is 2. The second-order valence-electron chi connectivity index (χ2n) is 8.81. The van der Waals surface area contributed by atoms with Gasteiger partial charge in [0.15, 0.2) is 0 Å². The number of alkyl halides is 3. The van der Waals surface area contributed by atoms with Crippen LogP contribution in [0.25, 0.3) is 0 Å². The van der Waals surface area contributed by atoms with Crippen molar-refractivity contribution in [2.75, 3.05) is 25.0 Å². The molecule has 27 heavy (non-hydrogen) atoms. The van der Waals surface area contributed by atoms with Crippen molar-refractivity contribution in [2.45, 2.75) is 58.7 Å². The number of aliphatic hydroxyl groups is 1. The summed E-state index contributed by atoms with van der Waals surface area (Å²) >= 11 is 0. The first-order valence-electron chi connectivity index (χ1n) is 9.25. The predicted molar refractivity (Wildman–Crippen MR) is 94.4 cm³/mol. The Bertz CT molecular complexity index is 706. The number of nitrogens with one attached hydrogen (secondary N) is 1. The SMILES string of the molecule is CC(C)(C)C1(CO)CCN(C(=O)Nc2cn(CC(F)(F)F)nc2C2CC2)C1. The van der Waals surface area contributed by atoms with Crippen LogP contribution >= 0.6 is 0 Å². The van der Waals surface area contributed by atoms with Gasteiger partial charge in [-0.15, -0.1) is 0 Å². The Balaban J connectivity index is 1.73. The highest BCUT2D eigenvalue weighted by atomic mass is 19.4. The summed E-state index contributed by atoms with van der Waals surface area (Å²) in [5.74, 6) is 0.111. The molecule has 2 amide bonds. The summed E-state index contributed by atoms with van der Waals surface area (Å²) in [6.07, 6.45) is -0.682. The molecule has 2 N–H and O–H groups in total. The van der Waals surface area contributed by atoms with Crippen molar-refractivity contribution < 1.29 is 23.1 Å². The van der Waals surface area contributed by atoms with Crippen molar-refractivity contribution in [3.8, 4) is 0 Å². The fourth-order valence-electron chi connectivity index (χ4n) is 3.67.